The summed E-state index contributed by atoms with van der Waals surface area (Å²) in [6.45, 7) is -0.433. The fourth-order valence-electron chi connectivity index (χ4n) is 2.00. The van der Waals surface area contributed by atoms with Crippen LogP contribution in [0.2, 0.25) is 5.02 Å². The Morgan fingerprint density at radius 1 is 1.12 bits per heavy atom. The molecule has 2 aromatic rings. The number of carbonyl (C=O) groups excluding carboxylic acids is 2. The Morgan fingerprint density at radius 3 is 2.35 bits per heavy atom. The molecule has 0 atom stereocenters. The van der Waals surface area contributed by atoms with Gasteiger partial charge in [-0.1, -0.05) is 11.6 Å². The van der Waals surface area contributed by atoms with E-state index in [9.17, 15) is 22.8 Å². The third-order valence-corrected chi connectivity index (χ3v) is 3.66. The lowest BCUT2D eigenvalue weighted by molar-refractivity contribution is -0.137. The molecule has 9 heteroatoms. The topological polar surface area (TPSA) is 67.4 Å². The van der Waals surface area contributed by atoms with Gasteiger partial charge in [-0.25, -0.2) is 0 Å². The predicted octanol–water partition coefficient (Wildman–Crippen LogP) is 3.74. The standard InChI is InChI=1S/C17H14ClF3N2O3/c1-26-12-5-2-10(3-6-12)16(25)22-9-15(24)23-14-8-11(17(19,20)21)4-7-13(14)18/h2-8H,9H2,1H3,(H,22,25)(H,23,24). The molecule has 2 amide bonds. The van der Waals surface area contributed by atoms with Crippen molar-refractivity contribution in [2.45, 2.75) is 6.18 Å². The zero-order valence-corrected chi connectivity index (χ0v) is 14.2. The average molecular weight is 387 g/mol. The molecule has 26 heavy (non-hydrogen) atoms. The van der Waals surface area contributed by atoms with Crippen LogP contribution in [0.1, 0.15) is 15.9 Å². The number of alkyl halides is 3. The van der Waals surface area contributed by atoms with Crippen LogP contribution in [0.25, 0.3) is 0 Å². The summed E-state index contributed by atoms with van der Waals surface area (Å²) in [6, 6.07) is 8.76. The van der Waals surface area contributed by atoms with Gasteiger partial charge in [0.15, 0.2) is 0 Å². The Hall–Kier alpha value is -2.74. The molecule has 0 aromatic heterocycles. The van der Waals surface area contributed by atoms with Crippen LogP contribution in [-0.2, 0) is 11.0 Å². The lowest BCUT2D eigenvalue weighted by atomic mass is 10.2. The summed E-state index contributed by atoms with van der Waals surface area (Å²) in [7, 11) is 1.48. The van der Waals surface area contributed by atoms with Crippen molar-refractivity contribution in [1.29, 1.82) is 0 Å². The van der Waals surface area contributed by atoms with Crippen molar-refractivity contribution < 1.29 is 27.5 Å². The van der Waals surface area contributed by atoms with E-state index < -0.39 is 30.1 Å². The van der Waals surface area contributed by atoms with Crippen LogP contribution >= 0.6 is 11.6 Å². The zero-order valence-electron chi connectivity index (χ0n) is 13.5. The Kier molecular flexibility index (Phi) is 6.10. The van der Waals surface area contributed by atoms with E-state index in [-0.39, 0.29) is 10.7 Å². The van der Waals surface area contributed by atoms with E-state index in [1.807, 2.05) is 0 Å². The van der Waals surface area contributed by atoms with Crippen molar-refractivity contribution in [3.63, 3.8) is 0 Å². The predicted molar refractivity (Wildman–Crippen MR) is 90.4 cm³/mol. The van der Waals surface area contributed by atoms with Crippen molar-refractivity contribution >= 4 is 29.1 Å². The average Bonchev–Trinajstić information content (AvgIpc) is 2.60. The molecule has 0 spiro atoms. The SMILES string of the molecule is COc1ccc(C(=O)NCC(=O)Nc2cc(C(F)(F)F)ccc2Cl)cc1. The van der Waals surface area contributed by atoms with Gasteiger partial charge >= 0.3 is 6.18 Å². The zero-order chi connectivity index (χ0) is 19.3. The van der Waals surface area contributed by atoms with Crippen molar-refractivity contribution in [2.75, 3.05) is 19.0 Å². The molecule has 0 radical (unpaired) electrons. The fraction of sp³-hybridized carbons (Fsp3) is 0.176. The molecule has 0 heterocycles. The Bertz CT molecular complexity index is 808. The first-order valence-corrected chi connectivity index (χ1v) is 7.67. The van der Waals surface area contributed by atoms with Crippen LogP contribution in [0, 0.1) is 0 Å². The summed E-state index contributed by atoms with van der Waals surface area (Å²) >= 11 is 5.80. The van der Waals surface area contributed by atoms with E-state index in [4.69, 9.17) is 16.3 Å². The van der Waals surface area contributed by atoms with Gasteiger partial charge in [-0.05, 0) is 42.5 Å². The Labute approximate surface area is 152 Å². The van der Waals surface area contributed by atoms with E-state index in [0.29, 0.717) is 11.3 Å². The minimum atomic E-state index is -4.56. The summed E-state index contributed by atoms with van der Waals surface area (Å²) in [5.74, 6) is -0.662. The second-order valence-electron chi connectivity index (χ2n) is 5.15. The molecule has 2 aromatic carbocycles. The summed E-state index contributed by atoms with van der Waals surface area (Å²) in [4.78, 5) is 23.8. The van der Waals surface area contributed by atoms with E-state index in [2.05, 4.69) is 10.6 Å². The first kappa shape index (κ1) is 19.6. The first-order chi connectivity index (χ1) is 12.2. The maximum atomic E-state index is 12.7. The van der Waals surface area contributed by atoms with Gasteiger partial charge in [0.2, 0.25) is 5.91 Å². The number of hydrogen-bond acceptors (Lipinski definition) is 3. The van der Waals surface area contributed by atoms with Crippen molar-refractivity contribution in [3.05, 3.63) is 58.6 Å². The maximum Gasteiger partial charge on any atom is 0.416 e. The lowest BCUT2D eigenvalue weighted by Crippen LogP contribution is -2.32. The van der Waals surface area contributed by atoms with Gasteiger partial charge in [0, 0.05) is 5.56 Å². The summed E-state index contributed by atoms with van der Waals surface area (Å²) in [5, 5.41) is 4.56. The van der Waals surface area contributed by atoms with Gasteiger partial charge < -0.3 is 15.4 Å². The Balaban J connectivity index is 1.97. The van der Waals surface area contributed by atoms with E-state index in [0.717, 1.165) is 18.2 Å². The highest BCUT2D eigenvalue weighted by molar-refractivity contribution is 6.33. The molecule has 0 aliphatic rings. The number of rotatable bonds is 5. The molecule has 0 saturated carbocycles. The number of hydrogen-bond donors (Lipinski definition) is 2. The van der Waals surface area contributed by atoms with Crippen LogP contribution < -0.4 is 15.4 Å². The largest absolute Gasteiger partial charge is 0.497 e. The number of benzene rings is 2. The summed E-state index contributed by atoms with van der Waals surface area (Å²) in [6.07, 6.45) is -4.56. The third-order valence-electron chi connectivity index (χ3n) is 3.33. The first-order valence-electron chi connectivity index (χ1n) is 7.29. The highest BCUT2D eigenvalue weighted by Gasteiger charge is 2.31. The molecule has 2 N–H and O–H groups in total. The number of nitrogens with one attached hydrogen (secondary N) is 2. The smallest absolute Gasteiger partial charge is 0.416 e. The quantitative estimate of drug-likeness (QED) is 0.822. The molecule has 0 fully saturated rings. The molecular formula is C17H14ClF3N2O3. The number of anilines is 1. The second-order valence-corrected chi connectivity index (χ2v) is 5.56. The van der Waals surface area contributed by atoms with Gasteiger partial charge in [0.05, 0.1) is 29.9 Å². The van der Waals surface area contributed by atoms with Crippen LogP contribution in [0.3, 0.4) is 0 Å². The number of halogens is 4. The van der Waals surface area contributed by atoms with E-state index in [1.165, 1.54) is 19.2 Å². The normalized spacial score (nSPS) is 11.0. The molecule has 0 unspecified atom stereocenters. The molecule has 2 rings (SSSR count). The third kappa shape index (κ3) is 5.13. The van der Waals surface area contributed by atoms with Gasteiger partial charge in [-0.2, -0.15) is 13.2 Å². The molecule has 138 valence electrons. The van der Waals surface area contributed by atoms with Crippen LogP contribution in [0.15, 0.2) is 42.5 Å². The highest BCUT2D eigenvalue weighted by Crippen LogP contribution is 2.33. The fourth-order valence-corrected chi connectivity index (χ4v) is 2.16. The lowest BCUT2D eigenvalue weighted by Gasteiger charge is -2.12. The Morgan fingerprint density at radius 2 is 1.77 bits per heavy atom. The van der Waals surface area contributed by atoms with Crippen LogP contribution in [0.4, 0.5) is 18.9 Å². The number of carbonyl (C=O) groups is 2. The van der Waals surface area contributed by atoms with Crippen LogP contribution in [-0.4, -0.2) is 25.5 Å². The number of methoxy groups -OCH3 is 1. The number of ether oxygens (including phenoxy) is 1. The summed E-state index contributed by atoms with van der Waals surface area (Å²) in [5.41, 5.74) is -0.833. The minimum Gasteiger partial charge on any atom is -0.497 e. The monoisotopic (exact) mass is 386 g/mol. The molecule has 0 bridgehead atoms. The molecular weight excluding hydrogens is 373 g/mol. The van der Waals surface area contributed by atoms with Gasteiger partial charge in [0.1, 0.15) is 5.75 Å². The second kappa shape index (κ2) is 8.09. The highest BCUT2D eigenvalue weighted by atomic mass is 35.5. The molecule has 0 aliphatic heterocycles. The minimum absolute atomic E-state index is 0.0483. The van der Waals surface area contributed by atoms with E-state index in [1.54, 1.807) is 12.1 Å². The molecule has 0 aliphatic carbocycles. The summed E-state index contributed by atoms with van der Waals surface area (Å²) < 4.78 is 43.1. The van der Waals surface area contributed by atoms with Crippen molar-refractivity contribution in [2.24, 2.45) is 0 Å². The van der Waals surface area contributed by atoms with E-state index >= 15 is 0 Å². The van der Waals surface area contributed by atoms with Gasteiger partial charge in [-0.15, -0.1) is 0 Å². The number of amides is 2. The molecule has 0 saturated heterocycles. The van der Waals surface area contributed by atoms with Crippen LogP contribution in [0.5, 0.6) is 5.75 Å². The van der Waals surface area contributed by atoms with Gasteiger partial charge in [0.25, 0.3) is 5.91 Å². The molecule has 5 nitrogen and oxygen atoms in total. The van der Waals surface area contributed by atoms with Crippen molar-refractivity contribution in [1.82, 2.24) is 5.32 Å². The van der Waals surface area contributed by atoms with Gasteiger partial charge in [-0.3, -0.25) is 9.59 Å². The van der Waals surface area contributed by atoms with Crippen molar-refractivity contribution in [3.8, 4) is 5.75 Å². The maximum absolute atomic E-state index is 12.7.